The van der Waals surface area contributed by atoms with Crippen molar-refractivity contribution in [3.8, 4) is 34.0 Å². The van der Waals surface area contributed by atoms with E-state index >= 15 is 0 Å². The zero-order valence-corrected chi connectivity index (χ0v) is 14.5. The summed E-state index contributed by atoms with van der Waals surface area (Å²) in [6, 6.07) is 13.6. The molecule has 0 N–H and O–H groups in total. The number of benzene rings is 2. The van der Waals surface area contributed by atoms with Crippen LogP contribution in [0.4, 0.5) is 0 Å². The molecule has 0 saturated heterocycles. The third-order valence-electron chi connectivity index (χ3n) is 4.11. The van der Waals surface area contributed by atoms with Crippen LogP contribution in [0.3, 0.4) is 0 Å². The highest BCUT2D eigenvalue weighted by molar-refractivity contribution is 6.01. The lowest BCUT2D eigenvalue weighted by molar-refractivity contribution is 0.327. The van der Waals surface area contributed by atoms with Gasteiger partial charge in [-0.15, -0.1) is 0 Å². The second kappa shape index (κ2) is 6.84. The Balaban J connectivity index is 1.92. The molecule has 0 aliphatic heterocycles. The summed E-state index contributed by atoms with van der Waals surface area (Å²) >= 11 is 0. The minimum Gasteiger partial charge on any atom is -0.496 e. The molecule has 0 aliphatic carbocycles. The molecule has 130 valence electrons. The van der Waals surface area contributed by atoms with Crippen molar-refractivity contribution in [3.63, 3.8) is 0 Å². The van der Waals surface area contributed by atoms with Gasteiger partial charge in [-0.2, -0.15) is 0 Å². The fraction of sp³-hybridized carbons (Fsp3) is 0.150. The second-order valence-corrected chi connectivity index (χ2v) is 5.59. The summed E-state index contributed by atoms with van der Waals surface area (Å²) in [6.07, 6.45) is 3.19. The van der Waals surface area contributed by atoms with E-state index in [1.165, 1.54) is 6.33 Å². The first-order valence-corrected chi connectivity index (χ1v) is 8.28. The van der Waals surface area contributed by atoms with Gasteiger partial charge in [-0.3, -0.25) is 0 Å². The predicted octanol–water partition coefficient (Wildman–Crippen LogP) is 4.36. The molecule has 2 aromatic carbocycles. The smallest absolute Gasteiger partial charge is 0.224 e. The molecule has 0 spiro atoms. The molecular formula is C20H17N3O3. The molecule has 0 amide bonds. The lowest BCUT2D eigenvalue weighted by atomic mass is 10.0. The number of methoxy groups -OCH3 is 1. The Morgan fingerprint density at radius 2 is 1.85 bits per heavy atom. The lowest BCUT2D eigenvalue weighted by Crippen LogP contribution is -1.97. The van der Waals surface area contributed by atoms with E-state index in [4.69, 9.17) is 14.0 Å². The summed E-state index contributed by atoms with van der Waals surface area (Å²) < 4.78 is 16.8. The van der Waals surface area contributed by atoms with E-state index in [0.717, 1.165) is 33.5 Å². The summed E-state index contributed by atoms with van der Waals surface area (Å²) in [5.41, 5.74) is 3.86. The largest absolute Gasteiger partial charge is 0.496 e. The molecular weight excluding hydrogens is 330 g/mol. The van der Waals surface area contributed by atoms with Crippen molar-refractivity contribution >= 4 is 11.0 Å². The topological polar surface area (TPSA) is 70.3 Å². The van der Waals surface area contributed by atoms with E-state index < -0.39 is 0 Å². The lowest BCUT2D eigenvalue weighted by Gasteiger charge is -2.08. The minimum absolute atomic E-state index is 0.517. The summed E-state index contributed by atoms with van der Waals surface area (Å²) in [6.45, 7) is 2.43. The number of nitrogens with zero attached hydrogens (tertiary/aromatic N) is 3. The van der Waals surface area contributed by atoms with Crippen molar-refractivity contribution < 1.29 is 14.0 Å². The summed E-state index contributed by atoms with van der Waals surface area (Å²) in [4.78, 5) is 8.36. The van der Waals surface area contributed by atoms with Gasteiger partial charge < -0.3 is 14.0 Å². The second-order valence-electron chi connectivity index (χ2n) is 5.59. The third kappa shape index (κ3) is 2.65. The third-order valence-corrected chi connectivity index (χ3v) is 4.11. The van der Waals surface area contributed by atoms with Gasteiger partial charge in [-0.1, -0.05) is 29.4 Å². The van der Waals surface area contributed by atoms with Crippen LogP contribution in [-0.2, 0) is 0 Å². The van der Waals surface area contributed by atoms with Crippen LogP contribution >= 0.6 is 0 Å². The standard InChI is InChI=1S/C20H17N3O3/c1-3-25-20-16(11-21-12-22-20)13-8-6-9-15-18(23-26-19(13)15)14-7-4-5-10-17(14)24-2/h4-12H,3H2,1-2H3. The van der Waals surface area contributed by atoms with Gasteiger partial charge in [0.2, 0.25) is 5.88 Å². The molecule has 6 heteroatoms. The van der Waals surface area contributed by atoms with Crippen LogP contribution in [0.25, 0.3) is 33.4 Å². The van der Waals surface area contributed by atoms with Crippen molar-refractivity contribution in [2.75, 3.05) is 13.7 Å². The first-order valence-electron chi connectivity index (χ1n) is 8.28. The molecule has 0 bridgehead atoms. The van der Waals surface area contributed by atoms with E-state index in [9.17, 15) is 0 Å². The summed E-state index contributed by atoms with van der Waals surface area (Å²) in [5, 5.41) is 5.19. The minimum atomic E-state index is 0.517. The maximum atomic E-state index is 5.70. The number of hydrogen-bond acceptors (Lipinski definition) is 6. The number of rotatable bonds is 5. The number of aromatic nitrogens is 3. The van der Waals surface area contributed by atoms with Gasteiger partial charge in [0.05, 0.1) is 24.7 Å². The number of para-hydroxylation sites is 2. The molecule has 0 unspecified atom stereocenters. The first kappa shape index (κ1) is 16.1. The normalized spacial score (nSPS) is 10.8. The Kier molecular flexibility index (Phi) is 4.23. The Bertz CT molecular complexity index is 1060. The van der Waals surface area contributed by atoms with Gasteiger partial charge in [-0.05, 0) is 25.1 Å². The monoisotopic (exact) mass is 347 g/mol. The molecule has 26 heavy (non-hydrogen) atoms. The highest BCUT2D eigenvalue weighted by Gasteiger charge is 2.19. The molecule has 0 atom stereocenters. The van der Waals surface area contributed by atoms with E-state index in [-0.39, 0.29) is 0 Å². The molecule has 0 radical (unpaired) electrons. The van der Waals surface area contributed by atoms with Gasteiger partial charge in [0, 0.05) is 17.3 Å². The van der Waals surface area contributed by atoms with Crippen molar-refractivity contribution in [1.29, 1.82) is 0 Å². The van der Waals surface area contributed by atoms with Gasteiger partial charge in [0.25, 0.3) is 0 Å². The fourth-order valence-electron chi connectivity index (χ4n) is 2.96. The zero-order chi connectivity index (χ0) is 17.9. The van der Waals surface area contributed by atoms with Crippen molar-refractivity contribution in [1.82, 2.24) is 15.1 Å². The van der Waals surface area contributed by atoms with Gasteiger partial charge in [0.1, 0.15) is 17.8 Å². The van der Waals surface area contributed by atoms with Crippen LogP contribution in [0.2, 0.25) is 0 Å². The Morgan fingerprint density at radius 3 is 2.69 bits per heavy atom. The molecule has 2 aromatic heterocycles. The van der Waals surface area contributed by atoms with Crippen LogP contribution in [0, 0.1) is 0 Å². The summed E-state index contributed by atoms with van der Waals surface area (Å²) in [7, 11) is 1.64. The van der Waals surface area contributed by atoms with Crippen LogP contribution in [0.15, 0.2) is 59.5 Å². The fourth-order valence-corrected chi connectivity index (χ4v) is 2.96. The molecule has 4 aromatic rings. The molecule has 0 fully saturated rings. The number of hydrogen-bond donors (Lipinski definition) is 0. The van der Waals surface area contributed by atoms with Gasteiger partial charge >= 0.3 is 0 Å². The summed E-state index contributed by atoms with van der Waals surface area (Å²) in [5.74, 6) is 1.26. The average Bonchev–Trinajstić information content (AvgIpc) is 3.13. The average molecular weight is 347 g/mol. The van der Waals surface area contributed by atoms with Gasteiger partial charge in [0.15, 0.2) is 5.58 Å². The first-order chi connectivity index (χ1) is 12.8. The molecule has 4 rings (SSSR count). The maximum absolute atomic E-state index is 5.70. The van der Waals surface area contributed by atoms with Crippen molar-refractivity contribution in [3.05, 3.63) is 55.0 Å². The molecule has 0 saturated carbocycles. The van der Waals surface area contributed by atoms with E-state index in [0.29, 0.717) is 18.1 Å². The van der Waals surface area contributed by atoms with E-state index in [1.54, 1.807) is 13.3 Å². The quantitative estimate of drug-likeness (QED) is 0.534. The maximum Gasteiger partial charge on any atom is 0.224 e. The zero-order valence-electron chi connectivity index (χ0n) is 14.5. The van der Waals surface area contributed by atoms with E-state index in [2.05, 4.69) is 15.1 Å². The highest BCUT2D eigenvalue weighted by Crippen LogP contribution is 2.39. The van der Waals surface area contributed by atoms with Crippen LogP contribution in [-0.4, -0.2) is 28.8 Å². The Morgan fingerprint density at radius 1 is 1.00 bits per heavy atom. The van der Waals surface area contributed by atoms with E-state index in [1.807, 2.05) is 49.4 Å². The highest BCUT2D eigenvalue weighted by atomic mass is 16.5. The Labute approximate surface area is 150 Å². The van der Waals surface area contributed by atoms with Crippen molar-refractivity contribution in [2.24, 2.45) is 0 Å². The van der Waals surface area contributed by atoms with Crippen LogP contribution < -0.4 is 9.47 Å². The van der Waals surface area contributed by atoms with Crippen LogP contribution in [0.1, 0.15) is 6.92 Å². The Hall–Kier alpha value is -3.41. The molecule has 0 aliphatic rings. The predicted molar refractivity (Wildman–Crippen MR) is 98.2 cm³/mol. The number of ether oxygens (including phenoxy) is 2. The SMILES string of the molecule is CCOc1ncncc1-c1cccc2c(-c3ccccc3OC)noc12. The molecule has 2 heterocycles. The van der Waals surface area contributed by atoms with Crippen molar-refractivity contribution in [2.45, 2.75) is 6.92 Å². The van der Waals surface area contributed by atoms with Crippen LogP contribution in [0.5, 0.6) is 11.6 Å². The number of fused-ring (bicyclic) bond motifs is 1. The molecule has 6 nitrogen and oxygen atoms in total. The van der Waals surface area contributed by atoms with Gasteiger partial charge in [-0.25, -0.2) is 9.97 Å².